The van der Waals surface area contributed by atoms with Crippen molar-refractivity contribution in [2.75, 3.05) is 20.1 Å². The number of imidazole rings is 2. The van der Waals surface area contributed by atoms with E-state index in [2.05, 4.69) is 15.2 Å². The highest BCUT2D eigenvalue weighted by Crippen LogP contribution is 2.36. The molecule has 39 heavy (non-hydrogen) atoms. The number of aliphatic hydroxyl groups excluding tert-OH is 1. The maximum absolute atomic E-state index is 13.3. The fourth-order valence-corrected chi connectivity index (χ4v) is 7.34. The molecular formula is C26H37N7O5S. The molecule has 2 aliphatic rings. The van der Waals surface area contributed by atoms with E-state index in [4.69, 9.17) is 0 Å². The van der Waals surface area contributed by atoms with Crippen LogP contribution in [0.2, 0.25) is 0 Å². The van der Waals surface area contributed by atoms with Crippen LogP contribution >= 0.6 is 0 Å². The van der Waals surface area contributed by atoms with E-state index in [1.54, 1.807) is 22.2 Å². The van der Waals surface area contributed by atoms with Crippen LogP contribution in [-0.2, 0) is 17.1 Å². The molecule has 0 spiro atoms. The molecule has 1 amide bonds. The zero-order valence-electron chi connectivity index (χ0n) is 22.8. The molecule has 4 heterocycles. The van der Waals surface area contributed by atoms with Crippen LogP contribution in [0.4, 0.5) is 4.79 Å². The number of fused-ring (bicyclic) bond motifs is 3. The lowest BCUT2D eigenvalue weighted by Gasteiger charge is -2.40. The number of aliphatic hydroxyl groups is 1. The molecule has 12 nitrogen and oxygen atoms in total. The van der Waals surface area contributed by atoms with Crippen molar-refractivity contribution >= 4 is 27.1 Å². The smallest absolute Gasteiger partial charge is 0.337 e. The number of amides is 1. The fraction of sp³-hybridized carbons (Fsp3) is 0.577. The van der Waals surface area contributed by atoms with Crippen LogP contribution in [0.1, 0.15) is 45.6 Å². The highest BCUT2D eigenvalue weighted by molar-refractivity contribution is 7.89. The van der Waals surface area contributed by atoms with Crippen LogP contribution in [-0.4, -0.2) is 91.8 Å². The van der Waals surface area contributed by atoms with Crippen LogP contribution in [0.3, 0.4) is 0 Å². The average Bonchev–Trinajstić information content (AvgIpc) is 3.50. The predicted octanol–water partition coefficient (Wildman–Crippen LogP) is 1.35. The lowest BCUT2D eigenvalue weighted by molar-refractivity contribution is 0.0472. The van der Waals surface area contributed by atoms with Gasteiger partial charge in [0.15, 0.2) is 5.03 Å². The lowest BCUT2D eigenvalue weighted by atomic mass is 9.97. The summed E-state index contributed by atoms with van der Waals surface area (Å²) in [4.78, 5) is 32.7. The molecule has 0 radical (unpaired) electrons. The highest BCUT2D eigenvalue weighted by Gasteiger charge is 2.42. The zero-order valence-corrected chi connectivity index (χ0v) is 23.6. The van der Waals surface area contributed by atoms with Crippen LogP contribution in [0.15, 0.2) is 46.6 Å². The van der Waals surface area contributed by atoms with Gasteiger partial charge in [-0.1, -0.05) is 12.1 Å². The summed E-state index contributed by atoms with van der Waals surface area (Å²) in [7, 11) is -0.646. The molecule has 2 bridgehead atoms. The molecule has 2 N–H and O–H groups in total. The van der Waals surface area contributed by atoms with Gasteiger partial charge in [-0.05, 0) is 51.7 Å². The Morgan fingerprint density at radius 3 is 2.41 bits per heavy atom. The Balaban J connectivity index is 1.22. The van der Waals surface area contributed by atoms with Gasteiger partial charge in [0.2, 0.25) is 0 Å². The minimum absolute atomic E-state index is 0.0438. The summed E-state index contributed by atoms with van der Waals surface area (Å²) in [6.07, 6.45) is 5.28. The van der Waals surface area contributed by atoms with Crippen LogP contribution < -0.4 is 11.0 Å². The molecule has 2 aliphatic heterocycles. The van der Waals surface area contributed by atoms with Crippen molar-refractivity contribution in [3.8, 4) is 0 Å². The van der Waals surface area contributed by atoms with Gasteiger partial charge in [0.1, 0.15) is 0 Å². The van der Waals surface area contributed by atoms with Crippen molar-refractivity contribution in [3.05, 3.63) is 47.3 Å². The molecule has 212 valence electrons. The number of carbonyl (C=O) groups is 1. The molecule has 5 rings (SSSR count). The summed E-state index contributed by atoms with van der Waals surface area (Å²) >= 11 is 0. The Morgan fingerprint density at radius 1 is 1.18 bits per heavy atom. The van der Waals surface area contributed by atoms with Gasteiger partial charge >= 0.3 is 11.7 Å². The molecule has 13 heteroatoms. The van der Waals surface area contributed by atoms with E-state index >= 15 is 0 Å². The standard InChI is InChI=1S/C26H37N7O5S/c1-17(2)32-22-7-5-6-8-23(22)33(26(32)36)25(35)28-18-11-19-9-10-20(12-18)31(19)14-21(34)13-30(4)39(37,38)24-15-29(3)16-27-24/h5-8,15-21,34H,9-14H2,1-4H3,(H,28,35)/t18-,19-,20+,21?. The largest absolute Gasteiger partial charge is 0.390 e. The number of aromatic nitrogens is 4. The van der Waals surface area contributed by atoms with E-state index in [-0.39, 0.29) is 41.4 Å². The van der Waals surface area contributed by atoms with Gasteiger partial charge in [-0.15, -0.1) is 0 Å². The van der Waals surface area contributed by atoms with Crippen molar-refractivity contribution in [1.82, 2.24) is 33.2 Å². The Hall–Kier alpha value is -3.00. The number of hydrogen-bond acceptors (Lipinski definition) is 7. The highest BCUT2D eigenvalue weighted by atomic mass is 32.2. The second kappa shape index (κ2) is 10.5. The first-order valence-corrected chi connectivity index (χ1v) is 14.8. The summed E-state index contributed by atoms with van der Waals surface area (Å²) in [5.74, 6) is 0. The van der Waals surface area contributed by atoms with E-state index in [9.17, 15) is 23.1 Å². The number of hydrogen-bond donors (Lipinski definition) is 2. The molecular weight excluding hydrogens is 522 g/mol. The van der Waals surface area contributed by atoms with Gasteiger partial charge in [-0.3, -0.25) is 9.47 Å². The Bertz CT molecular complexity index is 1510. The molecule has 3 aromatic rings. The van der Waals surface area contributed by atoms with Crippen molar-refractivity contribution < 1.29 is 18.3 Å². The number of piperidine rings is 1. The van der Waals surface area contributed by atoms with Gasteiger partial charge < -0.3 is 15.0 Å². The Labute approximate surface area is 227 Å². The maximum Gasteiger partial charge on any atom is 0.337 e. The van der Waals surface area contributed by atoms with Gasteiger partial charge in [0, 0.05) is 57.5 Å². The van der Waals surface area contributed by atoms with Gasteiger partial charge in [-0.25, -0.2) is 27.6 Å². The molecule has 2 aromatic heterocycles. The minimum Gasteiger partial charge on any atom is -0.390 e. The number of likely N-dealkylation sites (N-methyl/N-ethyl adjacent to an activating group) is 1. The number of nitrogens with one attached hydrogen (secondary N) is 1. The minimum atomic E-state index is -3.79. The molecule has 2 fully saturated rings. The summed E-state index contributed by atoms with van der Waals surface area (Å²) in [6, 6.07) is 7.04. The first-order chi connectivity index (χ1) is 18.5. The predicted molar refractivity (Wildman–Crippen MR) is 146 cm³/mol. The lowest BCUT2D eigenvalue weighted by Crippen LogP contribution is -2.54. The van der Waals surface area contributed by atoms with Gasteiger partial charge in [0.25, 0.3) is 10.0 Å². The number of sulfonamides is 1. The third-order valence-corrected chi connectivity index (χ3v) is 9.67. The number of nitrogens with zero attached hydrogens (tertiary/aromatic N) is 6. The zero-order chi connectivity index (χ0) is 28.1. The monoisotopic (exact) mass is 559 g/mol. The topological polar surface area (TPSA) is 135 Å². The number of carbonyl (C=O) groups excluding carboxylic acids is 1. The Kier molecular flexibility index (Phi) is 7.44. The van der Waals surface area contributed by atoms with E-state index < -0.39 is 22.2 Å². The van der Waals surface area contributed by atoms with Crippen molar-refractivity contribution in [2.45, 2.75) is 74.8 Å². The third kappa shape index (κ3) is 5.15. The first kappa shape index (κ1) is 27.6. The molecule has 0 aliphatic carbocycles. The number of para-hydroxylation sites is 2. The van der Waals surface area contributed by atoms with Gasteiger partial charge in [-0.2, -0.15) is 4.31 Å². The molecule has 2 saturated heterocycles. The van der Waals surface area contributed by atoms with Gasteiger partial charge in [0.05, 0.1) is 23.5 Å². The number of aryl methyl sites for hydroxylation is 1. The van der Waals surface area contributed by atoms with E-state index in [0.717, 1.165) is 22.7 Å². The normalized spacial score (nSPS) is 22.7. The quantitative estimate of drug-likeness (QED) is 0.425. The van der Waals surface area contributed by atoms with Crippen molar-refractivity contribution in [2.24, 2.45) is 7.05 Å². The second-order valence-electron chi connectivity index (χ2n) is 11.1. The molecule has 0 saturated carbocycles. The molecule has 1 unspecified atom stereocenters. The summed E-state index contributed by atoms with van der Waals surface area (Å²) in [5.41, 5.74) is 0.963. The average molecular weight is 560 g/mol. The molecule has 4 atom stereocenters. The van der Waals surface area contributed by atoms with Crippen LogP contribution in [0.25, 0.3) is 11.0 Å². The fourth-order valence-electron chi connectivity index (χ4n) is 6.17. The summed E-state index contributed by atoms with van der Waals surface area (Å²) in [6.45, 7) is 4.14. The number of rotatable bonds is 8. The van der Waals surface area contributed by atoms with Crippen molar-refractivity contribution in [3.63, 3.8) is 0 Å². The van der Waals surface area contributed by atoms with Crippen LogP contribution in [0, 0.1) is 0 Å². The van der Waals surface area contributed by atoms with Crippen LogP contribution in [0.5, 0.6) is 0 Å². The van der Waals surface area contributed by atoms with Crippen molar-refractivity contribution in [1.29, 1.82) is 0 Å². The summed E-state index contributed by atoms with van der Waals surface area (Å²) < 4.78 is 31.1. The maximum atomic E-state index is 13.3. The summed E-state index contributed by atoms with van der Waals surface area (Å²) in [5, 5.41) is 13.8. The Morgan fingerprint density at radius 2 is 1.82 bits per heavy atom. The second-order valence-corrected chi connectivity index (χ2v) is 13.1. The van der Waals surface area contributed by atoms with E-state index in [1.807, 2.05) is 32.0 Å². The van der Waals surface area contributed by atoms with E-state index in [1.165, 1.54) is 24.1 Å². The molecule has 1 aromatic carbocycles. The van der Waals surface area contributed by atoms with E-state index in [0.29, 0.717) is 24.9 Å². The third-order valence-electron chi connectivity index (χ3n) is 7.96. The SMILES string of the molecule is CC(C)n1c(=O)n(C(=O)N[C@@H]2C[C@H]3CC[C@@H](C2)N3CC(O)CN(C)S(=O)(=O)c2cn(C)cn2)c2ccccc21. The number of benzene rings is 1. The first-order valence-electron chi connectivity index (χ1n) is 13.4.